The van der Waals surface area contributed by atoms with Crippen LogP contribution in [0, 0.1) is 0 Å². The number of carbonyl (C=O) groups is 1. The largest absolute Gasteiger partial charge is 0.387 e. The van der Waals surface area contributed by atoms with Crippen LogP contribution in [0.2, 0.25) is 0 Å². The second kappa shape index (κ2) is 6.53. The molecule has 1 heterocycles. The Labute approximate surface area is 110 Å². The summed E-state index contributed by atoms with van der Waals surface area (Å²) < 4.78 is 0. The Morgan fingerprint density at radius 3 is 2.33 bits per heavy atom. The molecule has 4 nitrogen and oxygen atoms in total. The van der Waals surface area contributed by atoms with Crippen LogP contribution in [0.4, 0.5) is 0 Å². The molecular weight excluding hydrogens is 228 g/mol. The molecule has 1 aliphatic carbocycles. The SMILES string of the molecule is CN(C(=O)CO)C1CCN(C2CCCCC2)CC1. The monoisotopic (exact) mass is 254 g/mol. The number of hydrogen-bond donors (Lipinski definition) is 1. The van der Waals surface area contributed by atoms with Crippen molar-refractivity contribution in [3.05, 3.63) is 0 Å². The number of nitrogens with zero attached hydrogens (tertiary/aromatic N) is 2. The summed E-state index contributed by atoms with van der Waals surface area (Å²) in [6.07, 6.45) is 8.99. The number of carbonyl (C=O) groups excluding carboxylic acids is 1. The molecule has 104 valence electrons. The minimum atomic E-state index is -0.362. The van der Waals surface area contributed by atoms with E-state index in [1.807, 2.05) is 7.05 Å². The predicted octanol–water partition coefficient (Wildman–Crippen LogP) is 1.23. The zero-order valence-corrected chi connectivity index (χ0v) is 11.5. The van der Waals surface area contributed by atoms with Gasteiger partial charge in [-0.15, -0.1) is 0 Å². The van der Waals surface area contributed by atoms with Crippen LogP contribution in [0.5, 0.6) is 0 Å². The molecule has 1 saturated carbocycles. The minimum Gasteiger partial charge on any atom is -0.387 e. The topological polar surface area (TPSA) is 43.8 Å². The predicted molar refractivity (Wildman–Crippen MR) is 71.3 cm³/mol. The molecule has 1 aliphatic heterocycles. The fourth-order valence-corrected chi connectivity index (χ4v) is 3.40. The number of likely N-dealkylation sites (tertiary alicyclic amines) is 1. The molecule has 0 aromatic carbocycles. The maximum absolute atomic E-state index is 11.5. The first-order valence-corrected chi connectivity index (χ1v) is 7.33. The van der Waals surface area contributed by atoms with E-state index < -0.39 is 0 Å². The molecular formula is C14H26N2O2. The van der Waals surface area contributed by atoms with Crippen LogP contribution in [0.3, 0.4) is 0 Å². The number of rotatable bonds is 3. The Morgan fingerprint density at radius 2 is 1.78 bits per heavy atom. The molecule has 0 unspecified atom stereocenters. The van der Waals surface area contributed by atoms with Crippen LogP contribution in [0.25, 0.3) is 0 Å². The van der Waals surface area contributed by atoms with Gasteiger partial charge in [0.15, 0.2) is 0 Å². The lowest BCUT2D eigenvalue weighted by atomic mass is 9.92. The van der Waals surface area contributed by atoms with Gasteiger partial charge in [0.25, 0.3) is 0 Å². The van der Waals surface area contributed by atoms with Gasteiger partial charge < -0.3 is 14.9 Å². The highest BCUT2D eigenvalue weighted by Crippen LogP contribution is 2.26. The molecule has 2 fully saturated rings. The third-order valence-corrected chi connectivity index (χ3v) is 4.67. The molecule has 0 spiro atoms. The summed E-state index contributed by atoms with van der Waals surface area (Å²) in [6.45, 7) is 1.86. The highest BCUT2D eigenvalue weighted by molar-refractivity contribution is 5.77. The maximum Gasteiger partial charge on any atom is 0.248 e. The summed E-state index contributed by atoms with van der Waals surface area (Å²) in [5.41, 5.74) is 0. The van der Waals surface area contributed by atoms with E-state index >= 15 is 0 Å². The van der Waals surface area contributed by atoms with E-state index in [0.717, 1.165) is 32.0 Å². The number of hydrogen-bond acceptors (Lipinski definition) is 3. The Kier molecular flexibility index (Phi) is 5.01. The normalized spacial score (nSPS) is 24.1. The highest BCUT2D eigenvalue weighted by Gasteiger charge is 2.28. The Bertz CT molecular complexity index is 269. The molecule has 0 aromatic rings. The molecule has 1 amide bonds. The molecule has 1 saturated heterocycles. The van der Waals surface area contributed by atoms with Crippen LogP contribution in [0.1, 0.15) is 44.9 Å². The van der Waals surface area contributed by atoms with Crippen molar-refractivity contribution in [3.63, 3.8) is 0 Å². The molecule has 1 N–H and O–H groups in total. The molecule has 0 atom stereocenters. The van der Waals surface area contributed by atoms with Crippen LogP contribution >= 0.6 is 0 Å². The molecule has 2 rings (SSSR count). The fraction of sp³-hybridized carbons (Fsp3) is 0.929. The van der Waals surface area contributed by atoms with Crippen molar-refractivity contribution in [1.82, 2.24) is 9.80 Å². The number of piperidine rings is 1. The lowest BCUT2D eigenvalue weighted by Crippen LogP contribution is -2.49. The number of aliphatic hydroxyl groups excluding tert-OH is 1. The van der Waals surface area contributed by atoms with Gasteiger partial charge in [0.05, 0.1) is 0 Å². The zero-order valence-electron chi connectivity index (χ0n) is 11.5. The first kappa shape index (κ1) is 13.8. The zero-order chi connectivity index (χ0) is 13.0. The Balaban J connectivity index is 1.78. The van der Waals surface area contributed by atoms with Gasteiger partial charge in [-0.25, -0.2) is 0 Å². The van der Waals surface area contributed by atoms with Gasteiger partial charge in [0, 0.05) is 32.2 Å². The second-order valence-corrected chi connectivity index (χ2v) is 5.72. The van der Waals surface area contributed by atoms with Gasteiger partial charge >= 0.3 is 0 Å². The minimum absolute atomic E-state index is 0.147. The lowest BCUT2D eigenvalue weighted by molar-refractivity contribution is -0.135. The molecule has 0 bridgehead atoms. The summed E-state index contributed by atoms with van der Waals surface area (Å²) in [6, 6.07) is 1.11. The Morgan fingerprint density at radius 1 is 1.17 bits per heavy atom. The summed E-state index contributed by atoms with van der Waals surface area (Å²) in [7, 11) is 1.82. The molecule has 4 heteroatoms. The first-order chi connectivity index (χ1) is 8.72. The summed E-state index contributed by atoms with van der Waals surface area (Å²) in [5, 5.41) is 8.89. The van der Waals surface area contributed by atoms with Crippen molar-refractivity contribution in [2.75, 3.05) is 26.7 Å². The quantitative estimate of drug-likeness (QED) is 0.824. The average Bonchev–Trinajstić information content (AvgIpc) is 2.47. The molecule has 2 aliphatic rings. The van der Waals surface area contributed by atoms with Crippen molar-refractivity contribution in [3.8, 4) is 0 Å². The van der Waals surface area contributed by atoms with E-state index in [2.05, 4.69) is 4.90 Å². The highest BCUT2D eigenvalue weighted by atomic mass is 16.3. The van der Waals surface area contributed by atoms with E-state index in [-0.39, 0.29) is 12.5 Å². The fourth-order valence-electron chi connectivity index (χ4n) is 3.40. The van der Waals surface area contributed by atoms with E-state index in [0.29, 0.717) is 6.04 Å². The first-order valence-electron chi connectivity index (χ1n) is 7.33. The second-order valence-electron chi connectivity index (χ2n) is 5.72. The maximum atomic E-state index is 11.5. The van der Waals surface area contributed by atoms with Crippen molar-refractivity contribution >= 4 is 5.91 Å². The summed E-state index contributed by atoms with van der Waals surface area (Å²) in [5.74, 6) is -0.147. The third kappa shape index (κ3) is 3.23. The standard InChI is InChI=1S/C14H26N2O2/c1-15(14(18)11-17)12-7-9-16(10-8-12)13-5-3-2-4-6-13/h12-13,17H,2-11H2,1H3. The lowest BCUT2D eigenvalue weighted by Gasteiger charge is -2.41. The van der Waals surface area contributed by atoms with Crippen molar-refractivity contribution in [2.45, 2.75) is 57.0 Å². The van der Waals surface area contributed by atoms with Crippen molar-refractivity contribution in [2.24, 2.45) is 0 Å². The van der Waals surface area contributed by atoms with Crippen molar-refractivity contribution in [1.29, 1.82) is 0 Å². The summed E-state index contributed by atoms with van der Waals surface area (Å²) in [4.78, 5) is 15.8. The van der Waals surface area contributed by atoms with Gasteiger partial charge in [0.1, 0.15) is 6.61 Å². The molecule has 0 radical (unpaired) electrons. The van der Waals surface area contributed by atoms with E-state index in [9.17, 15) is 4.79 Å². The number of likely N-dealkylation sites (N-methyl/N-ethyl adjacent to an activating group) is 1. The van der Waals surface area contributed by atoms with Crippen molar-refractivity contribution < 1.29 is 9.90 Å². The van der Waals surface area contributed by atoms with Crippen LogP contribution in [-0.2, 0) is 4.79 Å². The summed E-state index contributed by atoms with van der Waals surface area (Å²) >= 11 is 0. The van der Waals surface area contributed by atoms with Gasteiger partial charge in [-0.3, -0.25) is 4.79 Å². The average molecular weight is 254 g/mol. The Hall–Kier alpha value is -0.610. The number of aliphatic hydroxyl groups is 1. The van der Waals surface area contributed by atoms with Crippen LogP contribution < -0.4 is 0 Å². The number of amides is 1. The smallest absolute Gasteiger partial charge is 0.248 e. The molecule has 18 heavy (non-hydrogen) atoms. The van der Waals surface area contributed by atoms with Gasteiger partial charge in [-0.05, 0) is 25.7 Å². The van der Waals surface area contributed by atoms with E-state index in [1.165, 1.54) is 32.1 Å². The van der Waals surface area contributed by atoms with Crippen LogP contribution in [-0.4, -0.2) is 59.6 Å². The van der Waals surface area contributed by atoms with Gasteiger partial charge in [-0.1, -0.05) is 19.3 Å². The van der Waals surface area contributed by atoms with E-state index in [4.69, 9.17) is 5.11 Å². The van der Waals surface area contributed by atoms with Gasteiger partial charge in [0.2, 0.25) is 5.91 Å². The van der Waals surface area contributed by atoms with E-state index in [1.54, 1.807) is 4.90 Å². The van der Waals surface area contributed by atoms with Gasteiger partial charge in [-0.2, -0.15) is 0 Å². The van der Waals surface area contributed by atoms with Crippen LogP contribution in [0.15, 0.2) is 0 Å². The molecule has 0 aromatic heterocycles. The third-order valence-electron chi connectivity index (χ3n) is 4.67.